The van der Waals surface area contributed by atoms with Gasteiger partial charge in [-0.2, -0.15) is 0 Å². The lowest BCUT2D eigenvalue weighted by molar-refractivity contribution is 0.392. The van der Waals surface area contributed by atoms with Gasteiger partial charge < -0.3 is 14.7 Å². The first-order valence-electron chi connectivity index (χ1n) is 8.17. The van der Waals surface area contributed by atoms with Crippen molar-refractivity contribution in [3.8, 4) is 0 Å². The summed E-state index contributed by atoms with van der Waals surface area (Å²) in [6.45, 7) is 8.01. The number of halogens is 1. The number of aliphatic imine (C=N–C) groups is 1. The minimum atomic E-state index is -0.221. The van der Waals surface area contributed by atoms with E-state index in [1.165, 1.54) is 12.1 Å². The number of nitrogens with zero attached hydrogens (tertiary/aromatic N) is 3. The fourth-order valence-corrected chi connectivity index (χ4v) is 2.54. The Morgan fingerprint density at radius 1 is 1.29 bits per heavy atom. The lowest BCUT2D eigenvalue weighted by Crippen LogP contribution is -2.38. The van der Waals surface area contributed by atoms with Gasteiger partial charge in [0.2, 0.25) is 0 Å². The third-order valence-corrected chi connectivity index (χ3v) is 3.83. The van der Waals surface area contributed by atoms with E-state index in [9.17, 15) is 4.39 Å². The van der Waals surface area contributed by atoms with E-state index in [-0.39, 0.29) is 5.82 Å². The van der Waals surface area contributed by atoms with Gasteiger partial charge >= 0.3 is 0 Å². The third kappa shape index (κ3) is 4.81. The van der Waals surface area contributed by atoms with Crippen LogP contribution in [0.3, 0.4) is 0 Å². The van der Waals surface area contributed by atoms with Gasteiger partial charge in [-0.25, -0.2) is 4.39 Å². The lowest BCUT2D eigenvalue weighted by atomic mass is 10.1. The Balaban J connectivity index is 2.00. The predicted molar refractivity (Wildman–Crippen MR) is 93.5 cm³/mol. The molecule has 0 aliphatic rings. The van der Waals surface area contributed by atoms with Crippen LogP contribution in [0.1, 0.15) is 29.5 Å². The van der Waals surface area contributed by atoms with Crippen molar-refractivity contribution >= 4 is 5.96 Å². The molecule has 0 atom stereocenters. The highest BCUT2D eigenvalue weighted by Gasteiger charge is 2.10. The van der Waals surface area contributed by atoms with E-state index in [1.54, 1.807) is 12.1 Å². The lowest BCUT2D eigenvalue weighted by Gasteiger charge is -2.22. The largest absolute Gasteiger partial charge is 0.361 e. The summed E-state index contributed by atoms with van der Waals surface area (Å²) in [5.41, 5.74) is 3.08. The van der Waals surface area contributed by atoms with Gasteiger partial charge in [-0.05, 0) is 44.9 Å². The van der Waals surface area contributed by atoms with Gasteiger partial charge in [-0.1, -0.05) is 17.3 Å². The zero-order valence-corrected chi connectivity index (χ0v) is 14.8. The average molecular weight is 332 g/mol. The van der Waals surface area contributed by atoms with Crippen molar-refractivity contribution < 1.29 is 8.91 Å². The molecule has 130 valence electrons. The standard InChI is InChI=1S/C18H25FN4O/c1-5-20-18(21-11-10-17-13(2)22-24-14(17)3)23(4)12-15-6-8-16(19)9-7-15/h6-9H,5,10-12H2,1-4H3,(H,20,21). The molecular weight excluding hydrogens is 307 g/mol. The molecule has 0 fully saturated rings. The number of hydrogen-bond donors (Lipinski definition) is 1. The summed E-state index contributed by atoms with van der Waals surface area (Å²) in [4.78, 5) is 6.70. The molecule has 0 amide bonds. The number of aryl methyl sites for hydroxylation is 2. The monoisotopic (exact) mass is 332 g/mol. The van der Waals surface area contributed by atoms with E-state index >= 15 is 0 Å². The molecule has 0 saturated heterocycles. The molecule has 6 heteroatoms. The predicted octanol–water partition coefficient (Wildman–Crippen LogP) is 3.07. The Morgan fingerprint density at radius 3 is 2.58 bits per heavy atom. The number of aromatic nitrogens is 1. The topological polar surface area (TPSA) is 53.7 Å². The molecule has 0 bridgehead atoms. The van der Waals surface area contributed by atoms with Gasteiger partial charge in [0.25, 0.3) is 0 Å². The molecule has 0 aliphatic carbocycles. The van der Waals surface area contributed by atoms with E-state index in [1.807, 2.05) is 32.7 Å². The van der Waals surface area contributed by atoms with Crippen LogP contribution in [0.15, 0.2) is 33.8 Å². The first kappa shape index (κ1) is 18.0. The summed E-state index contributed by atoms with van der Waals surface area (Å²) in [5.74, 6) is 1.46. The zero-order valence-electron chi connectivity index (χ0n) is 14.8. The highest BCUT2D eigenvalue weighted by Crippen LogP contribution is 2.13. The van der Waals surface area contributed by atoms with Gasteiger partial charge in [0.1, 0.15) is 11.6 Å². The fourth-order valence-electron chi connectivity index (χ4n) is 2.54. The Bertz CT molecular complexity index is 659. The minimum Gasteiger partial charge on any atom is -0.361 e. The minimum absolute atomic E-state index is 0.221. The fraction of sp³-hybridized carbons (Fsp3) is 0.444. The smallest absolute Gasteiger partial charge is 0.193 e. The van der Waals surface area contributed by atoms with Crippen LogP contribution < -0.4 is 5.32 Å². The Hall–Kier alpha value is -2.37. The maximum atomic E-state index is 13.0. The average Bonchev–Trinajstić information content (AvgIpc) is 2.88. The van der Waals surface area contributed by atoms with Crippen LogP contribution in [0.5, 0.6) is 0 Å². The molecule has 1 heterocycles. The number of benzene rings is 1. The van der Waals surface area contributed by atoms with Crippen molar-refractivity contribution in [1.29, 1.82) is 0 Å². The summed E-state index contributed by atoms with van der Waals surface area (Å²) in [6, 6.07) is 6.54. The van der Waals surface area contributed by atoms with E-state index < -0.39 is 0 Å². The first-order valence-corrected chi connectivity index (χ1v) is 8.17. The molecule has 24 heavy (non-hydrogen) atoms. The molecule has 1 N–H and O–H groups in total. The number of guanidine groups is 1. The summed E-state index contributed by atoms with van der Waals surface area (Å²) in [5, 5.41) is 7.25. The second-order valence-corrected chi connectivity index (χ2v) is 5.77. The highest BCUT2D eigenvalue weighted by molar-refractivity contribution is 5.79. The second kappa shape index (κ2) is 8.47. The molecular formula is C18H25FN4O. The molecule has 1 aromatic heterocycles. The van der Waals surface area contributed by atoms with Crippen LogP contribution in [0.25, 0.3) is 0 Å². The van der Waals surface area contributed by atoms with E-state index in [2.05, 4.69) is 15.5 Å². The summed E-state index contributed by atoms with van der Waals surface area (Å²) in [6.07, 6.45) is 0.792. The summed E-state index contributed by atoms with van der Waals surface area (Å²) < 4.78 is 18.2. The van der Waals surface area contributed by atoms with Gasteiger partial charge in [0.15, 0.2) is 5.96 Å². The molecule has 2 aromatic rings. The van der Waals surface area contributed by atoms with Crippen molar-refractivity contribution in [2.45, 2.75) is 33.7 Å². The Morgan fingerprint density at radius 2 is 2.00 bits per heavy atom. The van der Waals surface area contributed by atoms with E-state index in [0.29, 0.717) is 13.1 Å². The number of nitrogens with one attached hydrogen (secondary N) is 1. The normalized spacial score (nSPS) is 11.6. The maximum absolute atomic E-state index is 13.0. The van der Waals surface area contributed by atoms with Gasteiger partial charge in [0, 0.05) is 32.2 Å². The second-order valence-electron chi connectivity index (χ2n) is 5.77. The molecule has 0 unspecified atom stereocenters. The van der Waals surface area contributed by atoms with Gasteiger partial charge in [0.05, 0.1) is 5.69 Å². The molecule has 5 nitrogen and oxygen atoms in total. The van der Waals surface area contributed by atoms with Crippen molar-refractivity contribution in [3.05, 3.63) is 52.7 Å². The molecule has 0 aliphatic heterocycles. The van der Waals surface area contributed by atoms with Crippen LogP contribution in [0, 0.1) is 19.7 Å². The van der Waals surface area contributed by atoms with E-state index in [0.717, 1.165) is 41.5 Å². The quantitative estimate of drug-likeness (QED) is 0.652. The van der Waals surface area contributed by atoms with Crippen molar-refractivity contribution in [2.75, 3.05) is 20.1 Å². The number of hydrogen-bond acceptors (Lipinski definition) is 3. The van der Waals surface area contributed by atoms with Gasteiger partial charge in [-0.3, -0.25) is 4.99 Å². The molecule has 0 saturated carbocycles. The number of rotatable bonds is 6. The first-order chi connectivity index (χ1) is 11.5. The molecule has 1 aromatic carbocycles. The summed E-state index contributed by atoms with van der Waals surface area (Å²) in [7, 11) is 1.97. The SMILES string of the molecule is CCNC(=NCCc1c(C)noc1C)N(C)Cc1ccc(F)cc1. The zero-order chi connectivity index (χ0) is 17.5. The van der Waals surface area contributed by atoms with Crippen molar-refractivity contribution in [3.63, 3.8) is 0 Å². The molecule has 0 spiro atoms. The molecule has 2 rings (SSSR count). The van der Waals surface area contributed by atoms with Crippen LogP contribution in [0.4, 0.5) is 4.39 Å². The van der Waals surface area contributed by atoms with Gasteiger partial charge in [-0.15, -0.1) is 0 Å². The van der Waals surface area contributed by atoms with Crippen LogP contribution in [0.2, 0.25) is 0 Å². The van der Waals surface area contributed by atoms with Crippen molar-refractivity contribution in [2.24, 2.45) is 4.99 Å². The molecule has 0 radical (unpaired) electrons. The van der Waals surface area contributed by atoms with Crippen LogP contribution in [-0.4, -0.2) is 36.2 Å². The van der Waals surface area contributed by atoms with E-state index in [4.69, 9.17) is 4.52 Å². The summed E-state index contributed by atoms with van der Waals surface area (Å²) >= 11 is 0. The maximum Gasteiger partial charge on any atom is 0.193 e. The highest BCUT2D eigenvalue weighted by atomic mass is 19.1. The Kier molecular flexibility index (Phi) is 6.35. The van der Waals surface area contributed by atoms with Crippen LogP contribution in [-0.2, 0) is 13.0 Å². The van der Waals surface area contributed by atoms with Crippen LogP contribution >= 0.6 is 0 Å². The third-order valence-electron chi connectivity index (χ3n) is 3.83. The Labute approximate surface area is 142 Å². The van der Waals surface area contributed by atoms with Crippen molar-refractivity contribution in [1.82, 2.24) is 15.4 Å².